The predicted octanol–water partition coefficient (Wildman–Crippen LogP) is 3.79. The first kappa shape index (κ1) is 14.9. The summed E-state index contributed by atoms with van der Waals surface area (Å²) < 4.78 is 28.2. The van der Waals surface area contributed by atoms with Crippen LogP contribution in [0.4, 0.5) is 8.78 Å². The molecular formula is C15H15ClF2N2. The second-order valence-electron chi connectivity index (χ2n) is 4.70. The van der Waals surface area contributed by atoms with Crippen LogP contribution >= 0.6 is 11.6 Å². The van der Waals surface area contributed by atoms with Gasteiger partial charge in [0.25, 0.3) is 0 Å². The molecule has 2 aromatic carbocycles. The van der Waals surface area contributed by atoms with Gasteiger partial charge in [0.2, 0.25) is 0 Å². The molecule has 20 heavy (non-hydrogen) atoms. The van der Waals surface area contributed by atoms with Gasteiger partial charge < -0.3 is 0 Å². The number of aryl methyl sites for hydroxylation is 2. The van der Waals surface area contributed by atoms with Crippen molar-refractivity contribution in [2.24, 2.45) is 5.84 Å². The molecule has 0 spiro atoms. The molecule has 2 rings (SSSR count). The summed E-state index contributed by atoms with van der Waals surface area (Å²) in [5.74, 6) is 4.26. The van der Waals surface area contributed by atoms with Gasteiger partial charge in [-0.1, -0.05) is 29.8 Å². The maximum Gasteiger partial charge on any atom is 0.134 e. The number of nitrogens with one attached hydrogen (secondary N) is 1. The Kier molecular flexibility index (Phi) is 4.38. The zero-order chi connectivity index (χ0) is 14.9. The average Bonchev–Trinajstić information content (AvgIpc) is 2.42. The van der Waals surface area contributed by atoms with Crippen LogP contribution in [-0.4, -0.2) is 0 Å². The molecule has 0 bridgehead atoms. The maximum absolute atomic E-state index is 14.2. The molecule has 5 heteroatoms. The lowest BCUT2D eigenvalue weighted by atomic mass is 9.95. The van der Waals surface area contributed by atoms with Crippen molar-refractivity contribution in [3.63, 3.8) is 0 Å². The van der Waals surface area contributed by atoms with E-state index in [1.165, 1.54) is 12.1 Å². The monoisotopic (exact) mass is 296 g/mol. The van der Waals surface area contributed by atoms with E-state index < -0.39 is 17.7 Å². The maximum atomic E-state index is 14.2. The summed E-state index contributed by atoms with van der Waals surface area (Å²) in [5.41, 5.74) is 4.21. The van der Waals surface area contributed by atoms with Gasteiger partial charge in [0.1, 0.15) is 11.6 Å². The number of hydrazine groups is 1. The molecule has 3 N–H and O–H groups in total. The van der Waals surface area contributed by atoms with Crippen LogP contribution in [0.15, 0.2) is 30.3 Å². The molecule has 2 nitrogen and oxygen atoms in total. The molecule has 2 aromatic rings. The zero-order valence-electron chi connectivity index (χ0n) is 11.2. The minimum atomic E-state index is -0.772. The minimum Gasteiger partial charge on any atom is -0.271 e. The van der Waals surface area contributed by atoms with E-state index >= 15 is 0 Å². The van der Waals surface area contributed by atoms with E-state index in [1.54, 1.807) is 25.1 Å². The van der Waals surface area contributed by atoms with Crippen molar-refractivity contribution in [3.8, 4) is 0 Å². The predicted molar refractivity (Wildman–Crippen MR) is 76.5 cm³/mol. The molecule has 1 unspecified atom stereocenters. The number of rotatable bonds is 3. The number of halogens is 3. The minimum absolute atomic E-state index is 0.0887. The second-order valence-corrected chi connectivity index (χ2v) is 5.11. The van der Waals surface area contributed by atoms with Gasteiger partial charge in [-0.15, -0.1) is 0 Å². The lowest BCUT2D eigenvalue weighted by Gasteiger charge is -2.20. The SMILES string of the molecule is Cc1cc(C(NN)c2c(F)ccc(C)c2F)ccc1Cl. The zero-order valence-corrected chi connectivity index (χ0v) is 11.9. The third-order valence-electron chi connectivity index (χ3n) is 3.29. The molecule has 0 radical (unpaired) electrons. The molecule has 106 valence electrons. The highest BCUT2D eigenvalue weighted by Crippen LogP contribution is 2.29. The van der Waals surface area contributed by atoms with Gasteiger partial charge in [0.05, 0.1) is 6.04 Å². The quantitative estimate of drug-likeness (QED) is 0.668. The first-order chi connectivity index (χ1) is 9.45. The van der Waals surface area contributed by atoms with Gasteiger partial charge in [-0.05, 0) is 42.7 Å². The van der Waals surface area contributed by atoms with Crippen LogP contribution < -0.4 is 11.3 Å². The lowest BCUT2D eigenvalue weighted by Crippen LogP contribution is -2.30. The normalized spacial score (nSPS) is 12.5. The first-order valence-corrected chi connectivity index (χ1v) is 6.50. The Morgan fingerprint density at radius 2 is 1.80 bits per heavy atom. The molecule has 0 fully saturated rings. The summed E-state index contributed by atoms with van der Waals surface area (Å²) in [7, 11) is 0. The highest BCUT2D eigenvalue weighted by atomic mass is 35.5. The molecule has 0 aliphatic rings. The van der Waals surface area contributed by atoms with Gasteiger partial charge in [-0.3, -0.25) is 5.84 Å². The van der Waals surface area contributed by atoms with Gasteiger partial charge in [-0.25, -0.2) is 14.2 Å². The summed E-state index contributed by atoms with van der Waals surface area (Å²) in [6, 6.07) is 7.00. The molecule has 0 saturated heterocycles. The molecule has 0 saturated carbocycles. The number of hydrogen-bond acceptors (Lipinski definition) is 2. The van der Waals surface area contributed by atoms with Crippen molar-refractivity contribution >= 4 is 11.6 Å². The van der Waals surface area contributed by atoms with Crippen LogP contribution in [0, 0.1) is 25.5 Å². The van der Waals surface area contributed by atoms with Crippen molar-refractivity contribution in [3.05, 3.63) is 69.2 Å². The van der Waals surface area contributed by atoms with Crippen LogP contribution in [0.3, 0.4) is 0 Å². The molecule has 0 aliphatic carbocycles. The Balaban J connectivity index is 2.58. The molecule has 0 aliphatic heterocycles. The highest BCUT2D eigenvalue weighted by Gasteiger charge is 2.22. The van der Waals surface area contributed by atoms with Crippen molar-refractivity contribution in [2.75, 3.05) is 0 Å². The van der Waals surface area contributed by atoms with Crippen molar-refractivity contribution in [1.29, 1.82) is 0 Å². The number of nitrogens with two attached hydrogens (primary N) is 1. The van der Waals surface area contributed by atoms with E-state index in [1.807, 2.05) is 6.92 Å². The van der Waals surface area contributed by atoms with Crippen molar-refractivity contribution in [2.45, 2.75) is 19.9 Å². The third-order valence-corrected chi connectivity index (χ3v) is 3.71. The van der Waals surface area contributed by atoms with E-state index in [0.717, 1.165) is 5.56 Å². The lowest BCUT2D eigenvalue weighted by molar-refractivity contribution is 0.506. The topological polar surface area (TPSA) is 38.0 Å². The Bertz CT molecular complexity index is 644. The Morgan fingerprint density at radius 1 is 1.10 bits per heavy atom. The number of benzene rings is 2. The fourth-order valence-electron chi connectivity index (χ4n) is 2.14. The van der Waals surface area contributed by atoms with Crippen molar-refractivity contribution < 1.29 is 8.78 Å². The van der Waals surface area contributed by atoms with E-state index in [9.17, 15) is 8.78 Å². The van der Waals surface area contributed by atoms with E-state index in [0.29, 0.717) is 16.1 Å². The Morgan fingerprint density at radius 3 is 2.40 bits per heavy atom. The Hall–Kier alpha value is -1.49. The van der Waals surface area contributed by atoms with Gasteiger partial charge in [0, 0.05) is 10.6 Å². The third kappa shape index (κ3) is 2.68. The van der Waals surface area contributed by atoms with Gasteiger partial charge in [0.15, 0.2) is 0 Å². The summed E-state index contributed by atoms with van der Waals surface area (Å²) >= 11 is 5.96. The average molecular weight is 297 g/mol. The van der Waals surface area contributed by atoms with E-state index in [-0.39, 0.29) is 5.56 Å². The smallest absolute Gasteiger partial charge is 0.134 e. The summed E-state index contributed by atoms with van der Waals surface area (Å²) in [5, 5.41) is 0.592. The largest absolute Gasteiger partial charge is 0.271 e. The summed E-state index contributed by atoms with van der Waals surface area (Å²) in [4.78, 5) is 0. The van der Waals surface area contributed by atoms with Gasteiger partial charge >= 0.3 is 0 Å². The second kappa shape index (κ2) is 5.87. The first-order valence-electron chi connectivity index (χ1n) is 6.12. The van der Waals surface area contributed by atoms with Gasteiger partial charge in [-0.2, -0.15) is 0 Å². The Labute approximate surface area is 121 Å². The molecule has 0 aromatic heterocycles. The van der Waals surface area contributed by atoms with Crippen LogP contribution in [0.2, 0.25) is 5.02 Å². The van der Waals surface area contributed by atoms with E-state index in [4.69, 9.17) is 17.4 Å². The molecule has 0 heterocycles. The van der Waals surface area contributed by atoms with Crippen LogP contribution in [0.25, 0.3) is 0 Å². The fraction of sp³-hybridized carbons (Fsp3) is 0.200. The van der Waals surface area contributed by atoms with Crippen LogP contribution in [0.5, 0.6) is 0 Å². The standard InChI is InChI=1S/C15H15ClF2N2/c1-8-3-6-12(17)13(14(8)18)15(20-19)10-4-5-11(16)9(2)7-10/h3-7,15,20H,19H2,1-2H3. The summed E-state index contributed by atoms with van der Waals surface area (Å²) in [6.07, 6.45) is 0. The number of hydrogen-bond donors (Lipinski definition) is 2. The van der Waals surface area contributed by atoms with Crippen molar-refractivity contribution in [1.82, 2.24) is 5.43 Å². The van der Waals surface area contributed by atoms with E-state index in [2.05, 4.69) is 5.43 Å². The summed E-state index contributed by atoms with van der Waals surface area (Å²) in [6.45, 7) is 3.40. The van der Waals surface area contributed by atoms with Crippen LogP contribution in [-0.2, 0) is 0 Å². The highest BCUT2D eigenvalue weighted by molar-refractivity contribution is 6.31. The van der Waals surface area contributed by atoms with Crippen LogP contribution in [0.1, 0.15) is 28.3 Å². The molecular weight excluding hydrogens is 282 g/mol. The fourth-order valence-corrected chi connectivity index (χ4v) is 2.25. The molecule has 0 amide bonds. The molecule has 1 atom stereocenters.